The normalized spacial score (nSPS) is 17.6. The van der Waals surface area contributed by atoms with Gasteiger partial charge in [-0.15, -0.1) is 0 Å². The number of hydrogen-bond acceptors (Lipinski definition) is 3. The summed E-state index contributed by atoms with van der Waals surface area (Å²) in [7, 11) is 1.48. The van der Waals surface area contributed by atoms with Gasteiger partial charge in [0.05, 0.1) is 7.11 Å². The molecule has 1 saturated heterocycles. The van der Waals surface area contributed by atoms with Crippen LogP contribution in [0.15, 0.2) is 18.2 Å². The van der Waals surface area contributed by atoms with Crippen molar-refractivity contribution in [1.82, 2.24) is 10.2 Å². The second-order valence-electron chi connectivity index (χ2n) is 5.26. The second-order valence-corrected chi connectivity index (χ2v) is 5.26. The molecule has 0 radical (unpaired) electrons. The lowest BCUT2D eigenvalue weighted by atomic mass is 10.2. The molecule has 0 aromatic heterocycles. The van der Waals surface area contributed by atoms with Gasteiger partial charge in [0.2, 0.25) is 0 Å². The van der Waals surface area contributed by atoms with Crippen LogP contribution < -0.4 is 10.1 Å². The number of ether oxygens (including phenoxy) is 1. The highest BCUT2D eigenvalue weighted by molar-refractivity contribution is 5.29. The van der Waals surface area contributed by atoms with Crippen molar-refractivity contribution in [2.24, 2.45) is 0 Å². The first-order valence-corrected chi connectivity index (χ1v) is 6.97. The zero-order valence-corrected chi connectivity index (χ0v) is 11.8. The van der Waals surface area contributed by atoms with Crippen molar-refractivity contribution in [3.05, 3.63) is 29.6 Å². The van der Waals surface area contributed by atoms with Crippen LogP contribution in [0.3, 0.4) is 0 Å². The Hall–Kier alpha value is -1.13. The van der Waals surface area contributed by atoms with Gasteiger partial charge in [-0.2, -0.15) is 0 Å². The van der Waals surface area contributed by atoms with Crippen LogP contribution in [-0.4, -0.2) is 37.7 Å². The van der Waals surface area contributed by atoms with E-state index in [0.717, 1.165) is 12.1 Å². The van der Waals surface area contributed by atoms with Crippen molar-refractivity contribution in [1.29, 1.82) is 0 Å². The number of benzene rings is 1. The van der Waals surface area contributed by atoms with Crippen LogP contribution in [-0.2, 0) is 6.54 Å². The van der Waals surface area contributed by atoms with Crippen molar-refractivity contribution in [2.45, 2.75) is 32.4 Å². The largest absolute Gasteiger partial charge is 0.494 e. The van der Waals surface area contributed by atoms with Gasteiger partial charge in [0.1, 0.15) is 0 Å². The summed E-state index contributed by atoms with van der Waals surface area (Å²) < 4.78 is 18.5. The molecule has 1 heterocycles. The smallest absolute Gasteiger partial charge is 0.165 e. The third kappa shape index (κ3) is 4.18. The van der Waals surface area contributed by atoms with Crippen LogP contribution in [0.5, 0.6) is 5.75 Å². The molecule has 0 aliphatic carbocycles. The SMILES string of the molecule is COc1ccc(CNC(C)CN2CCCC2)cc1F. The summed E-state index contributed by atoms with van der Waals surface area (Å²) in [6.45, 7) is 6.36. The van der Waals surface area contributed by atoms with Crippen molar-refractivity contribution in [2.75, 3.05) is 26.7 Å². The van der Waals surface area contributed by atoms with E-state index in [0.29, 0.717) is 18.3 Å². The fourth-order valence-corrected chi connectivity index (χ4v) is 2.53. The van der Waals surface area contributed by atoms with Gasteiger partial charge in [-0.1, -0.05) is 6.07 Å². The van der Waals surface area contributed by atoms with E-state index >= 15 is 0 Å². The second kappa shape index (κ2) is 6.87. The summed E-state index contributed by atoms with van der Waals surface area (Å²) >= 11 is 0. The lowest BCUT2D eigenvalue weighted by Crippen LogP contribution is -2.37. The van der Waals surface area contributed by atoms with Crippen LogP contribution in [0.25, 0.3) is 0 Å². The Kier molecular flexibility index (Phi) is 5.16. The van der Waals surface area contributed by atoms with Crippen LogP contribution in [0.1, 0.15) is 25.3 Å². The number of rotatable bonds is 6. The standard InChI is InChI=1S/C15H23FN2O/c1-12(11-18-7-3-4-8-18)17-10-13-5-6-15(19-2)14(16)9-13/h5-6,9,12,17H,3-4,7-8,10-11H2,1-2H3. The molecule has 0 bridgehead atoms. The lowest BCUT2D eigenvalue weighted by Gasteiger charge is -2.21. The van der Waals surface area contributed by atoms with E-state index in [-0.39, 0.29) is 5.82 Å². The number of nitrogens with one attached hydrogen (secondary N) is 1. The fraction of sp³-hybridized carbons (Fsp3) is 0.600. The average molecular weight is 266 g/mol. The third-order valence-electron chi connectivity index (χ3n) is 3.60. The van der Waals surface area contributed by atoms with Crippen LogP contribution in [0, 0.1) is 5.82 Å². The Morgan fingerprint density at radius 2 is 2.11 bits per heavy atom. The molecular formula is C15H23FN2O. The first-order valence-electron chi connectivity index (χ1n) is 6.97. The summed E-state index contributed by atoms with van der Waals surface area (Å²) in [5.74, 6) is 0.00265. The number of nitrogens with zero attached hydrogens (tertiary/aromatic N) is 1. The number of likely N-dealkylation sites (tertiary alicyclic amines) is 1. The van der Waals surface area contributed by atoms with Gasteiger partial charge in [0, 0.05) is 19.1 Å². The van der Waals surface area contributed by atoms with Crippen molar-refractivity contribution in [3.63, 3.8) is 0 Å². The van der Waals surface area contributed by atoms with E-state index in [1.165, 1.54) is 39.1 Å². The molecule has 1 fully saturated rings. The minimum atomic E-state index is -0.297. The maximum Gasteiger partial charge on any atom is 0.165 e. The summed E-state index contributed by atoms with van der Waals surface area (Å²) in [5, 5.41) is 3.44. The van der Waals surface area contributed by atoms with Gasteiger partial charge >= 0.3 is 0 Å². The predicted molar refractivity (Wildman–Crippen MR) is 74.9 cm³/mol. The van der Waals surface area contributed by atoms with E-state index < -0.39 is 0 Å². The molecule has 0 amide bonds. The molecule has 1 aromatic carbocycles. The molecule has 1 aliphatic heterocycles. The molecule has 1 unspecified atom stereocenters. The van der Waals surface area contributed by atoms with Crippen molar-refractivity contribution in [3.8, 4) is 5.75 Å². The predicted octanol–water partition coefficient (Wildman–Crippen LogP) is 2.41. The van der Waals surface area contributed by atoms with E-state index in [2.05, 4.69) is 17.1 Å². The first kappa shape index (κ1) is 14.3. The molecule has 1 aromatic rings. The molecule has 1 aliphatic rings. The van der Waals surface area contributed by atoms with Gasteiger partial charge in [-0.05, 0) is 50.6 Å². The molecule has 0 saturated carbocycles. The number of halogens is 1. The summed E-state index contributed by atoms with van der Waals surface area (Å²) in [5.41, 5.74) is 0.951. The Morgan fingerprint density at radius 3 is 2.74 bits per heavy atom. The monoisotopic (exact) mass is 266 g/mol. The van der Waals surface area contributed by atoms with Gasteiger partial charge < -0.3 is 15.0 Å². The quantitative estimate of drug-likeness (QED) is 0.855. The molecule has 0 spiro atoms. The average Bonchev–Trinajstić information content (AvgIpc) is 2.89. The lowest BCUT2D eigenvalue weighted by molar-refractivity contribution is 0.298. The third-order valence-corrected chi connectivity index (χ3v) is 3.60. The maximum absolute atomic E-state index is 13.5. The first-order chi connectivity index (χ1) is 9.19. The minimum absolute atomic E-state index is 0.297. The van der Waals surface area contributed by atoms with Gasteiger partial charge in [-0.3, -0.25) is 0 Å². The van der Waals surface area contributed by atoms with E-state index in [1.807, 2.05) is 6.07 Å². The summed E-state index contributed by atoms with van der Waals surface area (Å²) in [4.78, 5) is 2.48. The van der Waals surface area contributed by atoms with Gasteiger partial charge in [0.25, 0.3) is 0 Å². The van der Waals surface area contributed by atoms with Gasteiger partial charge in [0.15, 0.2) is 11.6 Å². The molecular weight excluding hydrogens is 243 g/mol. The van der Waals surface area contributed by atoms with Crippen LogP contribution in [0.2, 0.25) is 0 Å². The highest BCUT2D eigenvalue weighted by atomic mass is 19.1. The number of hydrogen-bond donors (Lipinski definition) is 1. The van der Waals surface area contributed by atoms with E-state index in [4.69, 9.17) is 4.74 Å². The molecule has 2 rings (SSSR count). The maximum atomic E-state index is 13.5. The Bertz CT molecular complexity index is 405. The molecule has 3 nitrogen and oxygen atoms in total. The van der Waals surface area contributed by atoms with Crippen LogP contribution >= 0.6 is 0 Å². The zero-order chi connectivity index (χ0) is 13.7. The Morgan fingerprint density at radius 1 is 1.37 bits per heavy atom. The Labute approximate surface area is 114 Å². The molecule has 4 heteroatoms. The molecule has 106 valence electrons. The fourth-order valence-electron chi connectivity index (χ4n) is 2.53. The van der Waals surface area contributed by atoms with Crippen molar-refractivity contribution >= 4 is 0 Å². The minimum Gasteiger partial charge on any atom is -0.494 e. The summed E-state index contributed by atoms with van der Waals surface area (Å²) in [6, 6.07) is 5.53. The molecule has 1 N–H and O–H groups in total. The topological polar surface area (TPSA) is 24.5 Å². The van der Waals surface area contributed by atoms with Crippen molar-refractivity contribution < 1.29 is 9.13 Å². The summed E-state index contributed by atoms with van der Waals surface area (Å²) in [6.07, 6.45) is 2.63. The van der Waals surface area contributed by atoms with E-state index in [1.54, 1.807) is 6.07 Å². The molecule has 19 heavy (non-hydrogen) atoms. The van der Waals surface area contributed by atoms with Crippen LogP contribution in [0.4, 0.5) is 4.39 Å². The zero-order valence-electron chi connectivity index (χ0n) is 11.8. The highest BCUT2D eigenvalue weighted by Crippen LogP contribution is 2.17. The van der Waals surface area contributed by atoms with E-state index in [9.17, 15) is 4.39 Å². The molecule has 1 atom stereocenters. The highest BCUT2D eigenvalue weighted by Gasteiger charge is 2.14. The number of methoxy groups -OCH3 is 1. The Balaban J connectivity index is 1.79. The van der Waals surface area contributed by atoms with Gasteiger partial charge in [-0.25, -0.2) is 4.39 Å².